The summed E-state index contributed by atoms with van der Waals surface area (Å²) in [5.74, 6) is 0. The van der Waals surface area contributed by atoms with Crippen LogP contribution >= 0.6 is 15.9 Å². The van der Waals surface area contributed by atoms with Crippen molar-refractivity contribution in [3.05, 3.63) is 33.8 Å². The van der Waals surface area contributed by atoms with Gasteiger partial charge in [0.2, 0.25) is 0 Å². The number of hydrogen-bond donors (Lipinski definition) is 2. The standard InChI is InChI=1S/C9H9BrF3NO/c10-5-1-2-6(8(14)4-15)7(3-5)9(11,12)13/h1-3,8,15H,4,14H2/t8-/m0/s1. The van der Waals surface area contributed by atoms with Gasteiger partial charge in [0.1, 0.15) is 0 Å². The lowest BCUT2D eigenvalue weighted by atomic mass is 10.0. The first kappa shape index (κ1) is 12.5. The molecule has 3 N–H and O–H groups in total. The Morgan fingerprint density at radius 1 is 1.40 bits per heavy atom. The van der Waals surface area contributed by atoms with E-state index in [4.69, 9.17) is 10.8 Å². The summed E-state index contributed by atoms with van der Waals surface area (Å²) in [4.78, 5) is 0. The first-order valence-electron chi connectivity index (χ1n) is 4.09. The maximum absolute atomic E-state index is 12.6. The van der Waals surface area contributed by atoms with Crippen molar-refractivity contribution in [3.8, 4) is 0 Å². The zero-order valence-corrected chi connectivity index (χ0v) is 9.14. The molecule has 0 aliphatic heterocycles. The number of nitrogens with two attached hydrogens (primary N) is 1. The molecule has 2 nitrogen and oxygen atoms in total. The van der Waals surface area contributed by atoms with E-state index in [1.807, 2.05) is 0 Å². The van der Waals surface area contributed by atoms with Crippen molar-refractivity contribution in [3.63, 3.8) is 0 Å². The SMILES string of the molecule is N[C@@H](CO)c1ccc(Br)cc1C(F)(F)F. The van der Waals surface area contributed by atoms with Gasteiger partial charge < -0.3 is 10.8 Å². The lowest BCUT2D eigenvalue weighted by Gasteiger charge is -2.16. The Bertz CT molecular complexity index is 354. The molecule has 0 saturated carbocycles. The number of alkyl halides is 3. The molecular weight excluding hydrogens is 275 g/mol. The van der Waals surface area contributed by atoms with E-state index in [9.17, 15) is 13.2 Å². The Hall–Kier alpha value is -0.590. The molecule has 15 heavy (non-hydrogen) atoms. The maximum atomic E-state index is 12.6. The van der Waals surface area contributed by atoms with Crippen LogP contribution in [0, 0.1) is 0 Å². The topological polar surface area (TPSA) is 46.2 Å². The van der Waals surface area contributed by atoms with Crippen LogP contribution in [-0.2, 0) is 6.18 Å². The predicted octanol–water partition coefficient (Wildman–Crippen LogP) is 2.46. The van der Waals surface area contributed by atoms with Crippen LogP contribution in [0.3, 0.4) is 0 Å². The Morgan fingerprint density at radius 2 is 2.00 bits per heavy atom. The molecule has 0 heterocycles. The van der Waals surface area contributed by atoms with Crippen LogP contribution in [0.1, 0.15) is 17.2 Å². The van der Waals surface area contributed by atoms with Crippen LogP contribution in [0.5, 0.6) is 0 Å². The highest BCUT2D eigenvalue weighted by Crippen LogP contribution is 2.35. The van der Waals surface area contributed by atoms with Gasteiger partial charge in [0.05, 0.1) is 18.2 Å². The van der Waals surface area contributed by atoms with Crippen LogP contribution < -0.4 is 5.73 Å². The molecule has 84 valence electrons. The number of hydrogen-bond acceptors (Lipinski definition) is 2. The van der Waals surface area contributed by atoms with Crippen molar-refractivity contribution in [2.24, 2.45) is 5.73 Å². The second-order valence-electron chi connectivity index (χ2n) is 3.02. The van der Waals surface area contributed by atoms with Gasteiger partial charge in [-0.15, -0.1) is 0 Å². The molecular formula is C9H9BrF3NO. The molecule has 0 bridgehead atoms. The minimum atomic E-state index is -4.47. The van der Waals surface area contributed by atoms with Crippen LogP contribution in [0.15, 0.2) is 22.7 Å². The van der Waals surface area contributed by atoms with Gasteiger partial charge in [-0.1, -0.05) is 22.0 Å². The van der Waals surface area contributed by atoms with E-state index in [0.29, 0.717) is 4.47 Å². The Morgan fingerprint density at radius 3 is 2.47 bits per heavy atom. The van der Waals surface area contributed by atoms with Crippen LogP contribution in [0.25, 0.3) is 0 Å². The largest absolute Gasteiger partial charge is 0.416 e. The van der Waals surface area contributed by atoms with E-state index >= 15 is 0 Å². The third-order valence-corrected chi connectivity index (χ3v) is 2.41. The second kappa shape index (κ2) is 4.51. The highest BCUT2D eigenvalue weighted by Gasteiger charge is 2.34. The monoisotopic (exact) mass is 283 g/mol. The van der Waals surface area contributed by atoms with Gasteiger partial charge >= 0.3 is 6.18 Å². The van der Waals surface area contributed by atoms with E-state index in [2.05, 4.69) is 15.9 Å². The molecule has 0 saturated heterocycles. The Balaban J connectivity index is 3.27. The van der Waals surface area contributed by atoms with Crippen molar-refractivity contribution >= 4 is 15.9 Å². The fourth-order valence-electron chi connectivity index (χ4n) is 1.20. The van der Waals surface area contributed by atoms with Crippen molar-refractivity contribution in [2.45, 2.75) is 12.2 Å². The lowest BCUT2D eigenvalue weighted by Crippen LogP contribution is -2.20. The minimum absolute atomic E-state index is 0.104. The van der Waals surface area contributed by atoms with Gasteiger partial charge in [-0.05, 0) is 17.7 Å². The first-order valence-corrected chi connectivity index (χ1v) is 4.88. The van der Waals surface area contributed by atoms with Gasteiger partial charge in [0.15, 0.2) is 0 Å². The zero-order valence-electron chi connectivity index (χ0n) is 7.55. The Kier molecular flexibility index (Phi) is 3.75. The molecule has 1 rings (SSSR count). The van der Waals surface area contributed by atoms with Gasteiger partial charge in [0.25, 0.3) is 0 Å². The molecule has 0 spiro atoms. The Labute approximate surface area is 93.0 Å². The molecule has 1 atom stereocenters. The number of rotatable bonds is 2. The van der Waals surface area contributed by atoms with Crippen LogP contribution in [0.4, 0.5) is 13.2 Å². The van der Waals surface area contributed by atoms with Crippen LogP contribution in [-0.4, -0.2) is 11.7 Å². The van der Waals surface area contributed by atoms with Gasteiger partial charge in [-0.2, -0.15) is 13.2 Å². The fraction of sp³-hybridized carbons (Fsp3) is 0.333. The zero-order chi connectivity index (χ0) is 11.6. The predicted molar refractivity (Wildman–Crippen MR) is 53.2 cm³/mol. The average Bonchev–Trinajstić information content (AvgIpc) is 2.15. The summed E-state index contributed by atoms with van der Waals surface area (Å²) in [7, 11) is 0. The number of benzene rings is 1. The van der Waals surface area contributed by atoms with Gasteiger partial charge in [-0.25, -0.2) is 0 Å². The molecule has 0 aromatic heterocycles. The summed E-state index contributed by atoms with van der Waals surface area (Å²) in [6.07, 6.45) is -4.47. The van der Waals surface area contributed by atoms with Crippen molar-refractivity contribution in [2.75, 3.05) is 6.61 Å². The fourth-order valence-corrected chi connectivity index (χ4v) is 1.56. The molecule has 0 unspecified atom stereocenters. The summed E-state index contributed by atoms with van der Waals surface area (Å²) in [5, 5.41) is 8.74. The van der Waals surface area contributed by atoms with Gasteiger partial charge in [0, 0.05) is 4.47 Å². The third-order valence-electron chi connectivity index (χ3n) is 1.92. The maximum Gasteiger partial charge on any atom is 0.416 e. The van der Waals surface area contributed by atoms with E-state index in [1.54, 1.807) is 0 Å². The van der Waals surface area contributed by atoms with Crippen LogP contribution in [0.2, 0.25) is 0 Å². The average molecular weight is 284 g/mol. The summed E-state index contributed by atoms with van der Waals surface area (Å²) < 4.78 is 38.0. The quantitative estimate of drug-likeness (QED) is 0.876. The van der Waals surface area contributed by atoms with Crippen molar-refractivity contribution < 1.29 is 18.3 Å². The van der Waals surface area contributed by atoms with Crippen molar-refractivity contribution in [1.82, 2.24) is 0 Å². The summed E-state index contributed by atoms with van der Waals surface area (Å²) in [5.41, 5.74) is 4.45. The summed E-state index contributed by atoms with van der Waals surface area (Å²) in [6.45, 7) is -0.523. The lowest BCUT2D eigenvalue weighted by molar-refractivity contribution is -0.138. The minimum Gasteiger partial charge on any atom is -0.394 e. The summed E-state index contributed by atoms with van der Waals surface area (Å²) >= 11 is 2.96. The van der Waals surface area contributed by atoms with E-state index < -0.39 is 24.4 Å². The summed E-state index contributed by atoms with van der Waals surface area (Å²) in [6, 6.07) is 2.65. The second-order valence-corrected chi connectivity index (χ2v) is 3.93. The van der Waals surface area contributed by atoms with E-state index in [1.165, 1.54) is 12.1 Å². The normalized spacial score (nSPS) is 14.0. The molecule has 6 heteroatoms. The molecule has 1 aromatic carbocycles. The smallest absolute Gasteiger partial charge is 0.394 e. The highest BCUT2D eigenvalue weighted by atomic mass is 79.9. The molecule has 0 aliphatic rings. The van der Waals surface area contributed by atoms with Crippen molar-refractivity contribution in [1.29, 1.82) is 0 Å². The molecule has 1 aromatic rings. The molecule has 0 fully saturated rings. The van der Waals surface area contributed by atoms with E-state index in [-0.39, 0.29) is 5.56 Å². The molecule has 0 aliphatic carbocycles. The van der Waals surface area contributed by atoms with Gasteiger partial charge in [-0.3, -0.25) is 0 Å². The highest BCUT2D eigenvalue weighted by molar-refractivity contribution is 9.10. The van der Waals surface area contributed by atoms with E-state index in [0.717, 1.165) is 6.07 Å². The number of halogens is 4. The number of aliphatic hydroxyl groups is 1. The third kappa shape index (κ3) is 2.93. The molecule has 0 radical (unpaired) electrons. The first-order chi connectivity index (χ1) is 6.86. The molecule has 0 amide bonds. The number of aliphatic hydroxyl groups excluding tert-OH is 1.